The second kappa shape index (κ2) is 10.8. The number of furan rings is 1. The Morgan fingerprint density at radius 3 is 2.00 bits per heavy atom. The zero-order valence-corrected chi connectivity index (χ0v) is 33.3. The third-order valence-electron chi connectivity index (χ3n) is 13.9. The van der Waals surface area contributed by atoms with Gasteiger partial charge in [0.15, 0.2) is 0 Å². The van der Waals surface area contributed by atoms with Gasteiger partial charge < -0.3 is 9.23 Å². The van der Waals surface area contributed by atoms with Crippen LogP contribution in [-0.4, -0.2) is 6.85 Å². The summed E-state index contributed by atoms with van der Waals surface area (Å²) in [5.74, 6) is 0.921. The normalized spacial score (nSPS) is 17.6. The van der Waals surface area contributed by atoms with Crippen LogP contribution in [0.25, 0.3) is 33.2 Å². The molecular weight excluding hydrogens is 667 g/mol. The first-order valence-electron chi connectivity index (χ1n) is 20.1. The number of hydrogen-bond acceptors (Lipinski definition) is 3. The first-order chi connectivity index (χ1) is 26.3. The predicted molar refractivity (Wildman–Crippen MR) is 232 cm³/mol. The quantitative estimate of drug-likeness (QED) is 0.166. The molecule has 0 saturated carbocycles. The van der Waals surface area contributed by atoms with Crippen molar-refractivity contribution in [2.24, 2.45) is 0 Å². The van der Waals surface area contributed by atoms with Crippen LogP contribution in [0.4, 0.5) is 28.6 Å². The van der Waals surface area contributed by atoms with Gasteiger partial charge in [0.1, 0.15) is 5.58 Å². The van der Waals surface area contributed by atoms with E-state index in [9.17, 15) is 0 Å². The predicted octanol–water partition coefficient (Wildman–Crippen LogP) is 12.4. The summed E-state index contributed by atoms with van der Waals surface area (Å²) in [4.78, 5) is 5.12. The first-order valence-corrected chi connectivity index (χ1v) is 20.1. The van der Waals surface area contributed by atoms with Crippen molar-refractivity contribution in [3.8, 4) is 22.3 Å². The van der Waals surface area contributed by atoms with Crippen molar-refractivity contribution in [2.75, 3.05) is 9.71 Å². The van der Waals surface area contributed by atoms with Crippen molar-refractivity contribution in [1.29, 1.82) is 0 Å². The van der Waals surface area contributed by atoms with Gasteiger partial charge in [-0.15, -0.1) is 0 Å². The van der Waals surface area contributed by atoms with Crippen LogP contribution < -0.4 is 20.6 Å². The standard InChI is InChI=1S/C51H47BN2O/c1-30-24-37-36-27-35-33-18-12-14-20-38(33)51(7,8)39(35)28-43(36)54(32-16-10-9-11-17-32)52-46(37)44(25-30)53(48-47(52)34-19-13-15-21-45(34)55-48)42-29-41-40(26-31(42)2)49(3,4)22-23-50(41,5)6/h9-21,24-29H,22-23H2,1-8H3. The Balaban J connectivity index is 1.27. The highest BCUT2D eigenvalue weighted by Gasteiger charge is 2.50. The van der Waals surface area contributed by atoms with Crippen LogP contribution in [0.5, 0.6) is 0 Å². The minimum Gasteiger partial charge on any atom is -0.440 e. The van der Waals surface area contributed by atoms with E-state index in [4.69, 9.17) is 4.42 Å². The van der Waals surface area contributed by atoms with E-state index < -0.39 is 0 Å². The molecule has 6 aromatic carbocycles. The van der Waals surface area contributed by atoms with Crippen LogP contribution in [0.3, 0.4) is 0 Å². The van der Waals surface area contributed by atoms with E-state index in [1.165, 1.54) is 108 Å². The van der Waals surface area contributed by atoms with E-state index >= 15 is 0 Å². The second-order valence-corrected chi connectivity index (χ2v) is 18.5. The summed E-state index contributed by atoms with van der Waals surface area (Å²) < 4.78 is 7.16. The highest BCUT2D eigenvalue weighted by molar-refractivity contribution is 6.95. The fourth-order valence-corrected chi connectivity index (χ4v) is 10.8. The van der Waals surface area contributed by atoms with Gasteiger partial charge >= 0.3 is 6.85 Å². The first kappa shape index (κ1) is 32.9. The van der Waals surface area contributed by atoms with Gasteiger partial charge in [0.05, 0.1) is 5.69 Å². The number of nitrogens with zero attached hydrogens (tertiary/aromatic N) is 2. The molecule has 55 heavy (non-hydrogen) atoms. The van der Waals surface area contributed by atoms with E-state index in [-0.39, 0.29) is 23.1 Å². The molecule has 4 heteroatoms. The maximum absolute atomic E-state index is 7.16. The van der Waals surface area contributed by atoms with E-state index in [2.05, 4.69) is 180 Å². The van der Waals surface area contributed by atoms with Crippen molar-refractivity contribution < 1.29 is 4.42 Å². The summed E-state index contributed by atoms with van der Waals surface area (Å²) in [6.07, 6.45) is 2.36. The smallest absolute Gasteiger partial charge is 0.337 e. The van der Waals surface area contributed by atoms with Gasteiger partial charge in [-0.25, -0.2) is 0 Å². The molecule has 3 heterocycles. The van der Waals surface area contributed by atoms with Crippen molar-refractivity contribution in [3.05, 3.63) is 149 Å². The lowest BCUT2D eigenvalue weighted by atomic mass is 9.43. The Morgan fingerprint density at radius 1 is 0.545 bits per heavy atom. The van der Waals surface area contributed by atoms with Gasteiger partial charge in [-0.3, -0.25) is 4.90 Å². The average Bonchev–Trinajstić information content (AvgIpc) is 3.65. The summed E-state index contributed by atoms with van der Waals surface area (Å²) in [6.45, 7) is 18.9. The van der Waals surface area contributed by atoms with Crippen LogP contribution in [0.1, 0.15) is 87.8 Å². The van der Waals surface area contributed by atoms with E-state index in [0.717, 1.165) is 11.5 Å². The third kappa shape index (κ3) is 4.34. The average molecular weight is 715 g/mol. The molecule has 2 aliphatic carbocycles. The largest absolute Gasteiger partial charge is 0.440 e. The molecule has 0 radical (unpaired) electrons. The van der Waals surface area contributed by atoms with E-state index in [1.54, 1.807) is 0 Å². The molecule has 2 aliphatic heterocycles. The molecule has 7 aromatic rings. The number of fused-ring (bicyclic) bond motifs is 10. The number of para-hydroxylation sites is 2. The van der Waals surface area contributed by atoms with Gasteiger partial charge in [0, 0.05) is 38.9 Å². The molecule has 0 N–H and O–H groups in total. The molecule has 0 bridgehead atoms. The SMILES string of the molecule is Cc1cc2c3c(c1)N(c1cc4c(cc1C)C(C)(C)CCC4(C)C)c1oc4ccccc4c1B3N(c1ccccc1)c1cc3c(cc1-2)-c1ccccc1C3(C)C. The lowest BCUT2D eigenvalue weighted by molar-refractivity contribution is 0.332. The van der Waals surface area contributed by atoms with Gasteiger partial charge in [0.25, 0.3) is 0 Å². The van der Waals surface area contributed by atoms with Crippen LogP contribution in [0.15, 0.2) is 120 Å². The zero-order valence-electron chi connectivity index (χ0n) is 33.3. The summed E-state index contributed by atoms with van der Waals surface area (Å²) in [7, 11) is 0. The number of anilines is 5. The molecule has 0 amide bonds. The molecule has 270 valence electrons. The summed E-state index contributed by atoms with van der Waals surface area (Å²) >= 11 is 0. The maximum atomic E-state index is 7.16. The number of rotatable bonds is 2. The molecule has 1 aromatic heterocycles. The van der Waals surface area contributed by atoms with Gasteiger partial charge in [-0.1, -0.05) is 114 Å². The monoisotopic (exact) mass is 714 g/mol. The molecular formula is C51H47BN2O. The number of benzene rings is 6. The Hall–Kier alpha value is -5.48. The lowest BCUT2D eigenvalue weighted by Crippen LogP contribution is -2.61. The maximum Gasteiger partial charge on any atom is 0.337 e. The lowest BCUT2D eigenvalue weighted by Gasteiger charge is -2.46. The van der Waals surface area contributed by atoms with E-state index in [1.807, 2.05) is 0 Å². The molecule has 3 nitrogen and oxygen atoms in total. The fourth-order valence-electron chi connectivity index (χ4n) is 10.8. The van der Waals surface area contributed by atoms with Crippen molar-refractivity contribution in [3.63, 3.8) is 0 Å². The number of hydrogen-bond donors (Lipinski definition) is 0. The van der Waals surface area contributed by atoms with Crippen molar-refractivity contribution in [2.45, 2.75) is 84.5 Å². The molecule has 4 aliphatic rings. The van der Waals surface area contributed by atoms with Gasteiger partial charge in [0.2, 0.25) is 5.88 Å². The van der Waals surface area contributed by atoms with E-state index in [0.29, 0.717) is 0 Å². The van der Waals surface area contributed by atoms with Crippen LogP contribution in [-0.2, 0) is 16.2 Å². The molecule has 0 saturated heterocycles. The minimum atomic E-state index is -0.121. The summed E-state index contributed by atoms with van der Waals surface area (Å²) in [5.41, 5.74) is 21.9. The zero-order chi connectivity index (χ0) is 37.8. The molecule has 0 spiro atoms. The molecule has 0 atom stereocenters. The Morgan fingerprint density at radius 2 is 1.22 bits per heavy atom. The van der Waals surface area contributed by atoms with Crippen LogP contribution >= 0.6 is 0 Å². The molecule has 0 unspecified atom stereocenters. The van der Waals surface area contributed by atoms with Crippen molar-refractivity contribution in [1.82, 2.24) is 0 Å². The number of aryl methyl sites for hydroxylation is 2. The molecule has 11 rings (SSSR count). The van der Waals surface area contributed by atoms with Crippen molar-refractivity contribution >= 4 is 57.4 Å². The topological polar surface area (TPSA) is 19.6 Å². The Labute approximate surface area is 325 Å². The van der Waals surface area contributed by atoms with Crippen LogP contribution in [0.2, 0.25) is 0 Å². The van der Waals surface area contributed by atoms with Gasteiger partial charge in [-0.2, -0.15) is 0 Å². The minimum absolute atomic E-state index is 0.0713. The van der Waals surface area contributed by atoms with Crippen LogP contribution in [0, 0.1) is 13.8 Å². The fraction of sp³-hybridized carbons (Fsp3) is 0.255. The summed E-state index contributed by atoms with van der Waals surface area (Å²) in [5, 5.41) is 1.17. The Kier molecular flexibility index (Phi) is 6.49. The van der Waals surface area contributed by atoms with Gasteiger partial charge in [-0.05, 0) is 136 Å². The Bertz CT molecular complexity index is 2790. The highest BCUT2D eigenvalue weighted by atomic mass is 16.4. The third-order valence-corrected chi connectivity index (χ3v) is 13.9. The highest BCUT2D eigenvalue weighted by Crippen LogP contribution is 2.56. The molecule has 0 fully saturated rings. The second-order valence-electron chi connectivity index (χ2n) is 18.5. The summed E-state index contributed by atoms with van der Waals surface area (Å²) in [6, 6.07) is 43.7.